The lowest BCUT2D eigenvalue weighted by molar-refractivity contribution is -0.116. The third kappa shape index (κ3) is 12.2. The molecule has 0 aliphatic carbocycles. The van der Waals surface area contributed by atoms with Crippen LogP contribution in [0.4, 0.5) is 5.69 Å². The highest BCUT2D eigenvalue weighted by atomic mass is 32.1. The predicted molar refractivity (Wildman–Crippen MR) is 345 cm³/mol. The maximum Gasteiger partial charge on any atom is 0.224 e. The smallest absolute Gasteiger partial charge is 0.224 e. The number of hydrogen-bond acceptors (Lipinski definition) is 4. The Morgan fingerprint density at radius 3 is 0.911 bits per heavy atom. The standard InChI is InChI=1S/C72H85N5OS/c1-67(2,3)47-34-44(35-48(40-47)68(4,5)6)64-56-27-25-54(74-56)63(43-21-23-53(24-22-43)73-62(78)20-19-33-79)55-26-28-57(75-55)65(45-36-49(69(7,8)9)41-50(37-45)70(10,11)12)59-30-32-61(77-59)66(60-31-29-58(64)76-60)46-38-51(71(13,14)15)42-52(39-46)72(16,17)18/h21-32,34-42,74,77,79H,19-20,33H2,1-18H3,(H,73,78). The first-order chi connectivity index (χ1) is 36.8. The molecule has 2 aliphatic rings. The SMILES string of the molecule is CC(C)(C)c1cc(-c2c3nc(c(-c4cc(C(C)(C)C)cc(C(C)(C)C)c4)c4ccc([nH]4)c(-c4cc(C(C)(C)C)cc(C(C)(C)C)c4)c4nc(c(-c5ccc(NC(=O)CCCS)cc5)c5ccc2[nH]5)C=C4)C=C3)cc(C(C)(C)C)c1. The average molecular weight is 1070 g/mol. The van der Waals surface area contributed by atoms with Gasteiger partial charge >= 0.3 is 0 Å². The van der Waals surface area contributed by atoms with Crippen LogP contribution in [0.5, 0.6) is 0 Å². The summed E-state index contributed by atoms with van der Waals surface area (Å²) in [7, 11) is 0. The van der Waals surface area contributed by atoms with Crippen LogP contribution in [-0.4, -0.2) is 31.6 Å². The number of aromatic amines is 2. The topological polar surface area (TPSA) is 86.5 Å². The van der Waals surface area contributed by atoms with Gasteiger partial charge in [-0.25, -0.2) is 9.97 Å². The van der Waals surface area contributed by atoms with Crippen molar-refractivity contribution < 1.29 is 4.79 Å². The van der Waals surface area contributed by atoms with Crippen LogP contribution >= 0.6 is 12.6 Å². The van der Waals surface area contributed by atoms with E-state index in [9.17, 15) is 4.79 Å². The van der Waals surface area contributed by atoms with Gasteiger partial charge in [-0.3, -0.25) is 4.79 Å². The Hall–Kier alpha value is -6.70. The summed E-state index contributed by atoms with van der Waals surface area (Å²) in [6.45, 7) is 41.4. The maximum atomic E-state index is 12.9. The van der Waals surface area contributed by atoms with E-state index in [4.69, 9.17) is 9.97 Å². The van der Waals surface area contributed by atoms with Gasteiger partial charge in [0.2, 0.25) is 5.91 Å². The Morgan fingerprint density at radius 2 is 0.658 bits per heavy atom. The normalized spacial score (nSPS) is 13.4. The highest BCUT2D eigenvalue weighted by Crippen LogP contribution is 2.44. The zero-order valence-electron chi connectivity index (χ0n) is 50.5. The van der Waals surface area contributed by atoms with Crippen molar-refractivity contribution in [3.8, 4) is 44.5 Å². The fourth-order valence-electron chi connectivity index (χ4n) is 10.5. The summed E-state index contributed by atoms with van der Waals surface area (Å²) >= 11 is 4.34. The molecule has 79 heavy (non-hydrogen) atoms. The van der Waals surface area contributed by atoms with Crippen LogP contribution in [-0.2, 0) is 37.3 Å². The first kappa shape index (κ1) is 57.0. The second-order valence-electron chi connectivity index (χ2n) is 28.4. The molecular formula is C72H85N5OS. The molecule has 0 fully saturated rings. The molecule has 1 amide bonds. The molecule has 3 aromatic heterocycles. The summed E-state index contributed by atoms with van der Waals surface area (Å²) in [5.41, 5.74) is 23.2. The molecule has 3 N–H and O–H groups in total. The fourth-order valence-corrected chi connectivity index (χ4v) is 10.7. The van der Waals surface area contributed by atoms with Crippen LogP contribution in [0.25, 0.3) is 90.9 Å². The molecule has 0 unspecified atom stereocenters. The lowest BCUT2D eigenvalue weighted by atomic mass is 9.78. The van der Waals surface area contributed by atoms with Crippen LogP contribution in [0, 0.1) is 0 Å². The lowest BCUT2D eigenvalue weighted by Gasteiger charge is -2.26. The summed E-state index contributed by atoms with van der Waals surface area (Å²) in [6, 6.07) is 38.5. The summed E-state index contributed by atoms with van der Waals surface area (Å²) in [5, 5.41) is 3.10. The number of carbonyl (C=O) groups excluding carboxylic acids is 1. The number of rotatable bonds is 8. The fraction of sp³-hybridized carbons (Fsp3) is 0.375. The van der Waals surface area contributed by atoms with Gasteiger partial charge in [0.15, 0.2) is 0 Å². The van der Waals surface area contributed by atoms with Crippen molar-refractivity contribution in [3.05, 3.63) is 159 Å². The average Bonchev–Trinajstić information content (AvgIpc) is 4.32. The number of H-pyrrole nitrogens is 2. The number of thiol groups is 1. The number of anilines is 1. The Labute approximate surface area is 477 Å². The van der Waals surface area contributed by atoms with Crippen LogP contribution in [0.2, 0.25) is 0 Å². The third-order valence-corrected chi connectivity index (χ3v) is 16.0. The number of nitrogens with one attached hydrogen (secondary N) is 3. The molecule has 7 aromatic rings. The first-order valence-electron chi connectivity index (χ1n) is 28.4. The van der Waals surface area contributed by atoms with E-state index in [1.165, 1.54) is 33.4 Å². The minimum absolute atomic E-state index is 0.0218. The Balaban J connectivity index is 1.49. The van der Waals surface area contributed by atoms with Crippen LogP contribution in [0.1, 0.15) is 194 Å². The summed E-state index contributed by atoms with van der Waals surface area (Å²) in [5.74, 6) is 0.638. The summed E-state index contributed by atoms with van der Waals surface area (Å²) in [4.78, 5) is 32.5. The number of aromatic nitrogens is 4. The van der Waals surface area contributed by atoms with E-state index in [-0.39, 0.29) is 38.4 Å². The minimum atomic E-state index is -0.117. The van der Waals surface area contributed by atoms with Crippen molar-refractivity contribution >= 4 is 70.6 Å². The van der Waals surface area contributed by atoms with Crippen LogP contribution < -0.4 is 5.32 Å². The summed E-state index contributed by atoms with van der Waals surface area (Å²) < 4.78 is 0. The maximum absolute atomic E-state index is 12.9. The van der Waals surface area contributed by atoms with E-state index >= 15 is 0 Å². The lowest BCUT2D eigenvalue weighted by Crippen LogP contribution is -2.16. The van der Waals surface area contributed by atoms with Crippen LogP contribution in [0.15, 0.2) is 103 Å². The number of hydrogen-bond donors (Lipinski definition) is 4. The van der Waals surface area contributed by atoms with Gasteiger partial charge in [-0.05, 0) is 161 Å². The molecule has 0 atom stereocenters. The van der Waals surface area contributed by atoms with Gasteiger partial charge < -0.3 is 15.3 Å². The second-order valence-corrected chi connectivity index (χ2v) is 28.8. The third-order valence-electron chi connectivity index (χ3n) is 15.6. The van der Waals surface area contributed by atoms with E-state index in [1.807, 2.05) is 12.1 Å². The highest BCUT2D eigenvalue weighted by molar-refractivity contribution is 7.80. The van der Waals surface area contributed by atoms with Crippen molar-refractivity contribution in [2.75, 3.05) is 11.1 Å². The zero-order chi connectivity index (χ0) is 57.4. The Morgan fingerprint density at radius 1 is 0.392 bits per heavy atom. The molecule has 410 valence electrons. The Bertz CT molecular complexity index is 3570. The van der Waals surface area contributed by atoms with Gasteiger partial charge in [0.25, 0.3) is 0 Å². The van der Waals surface area contributed by atoms with Crippen molar-refractivity contribution in [1.29, 1.82) is 0 Å². The zero-order valence-corrected chi connectivity index (χ0v) is 51.4. The molecule has 0 spiro atoms. The van der Waals surface area contributed by atoms with Gasteiger partial charge in [-0.2, -0.15) is 12.6 Å². The number of fused-ring (bicyclic) bond motifs is 8. The number of benzene rings is 4. The molecular weight excluding hydrogens is 983 g/mol. The molecule has 0 radical (unpaired) electrons. The predicted octanol–water partition coefficient (Wildman–Crippen LogP) is 19.8. The molecule has 0 saturated heterocycles. The van der Waals surface area contributed by atoms with E-state index in [0.29, 0.717) is 18.6 Å². The van der Waals surface area contributed by atoms with Gasteiger partial charge in [0, 0.05) is 56.4 Å². The molecule has 9 rings (SSSR count). The highest BCUT2D eigenvalue weighted by Gasteiger charge is 2.28. The van der Waals surface area contributed by atoms with Crippen molar-refractivity contribution in [1.82, 2.24) is 19.9 Å². The molecule has 4 aromatic carbocycles. The van der Waals surface area contributed by atoms with E-state index in [1.54, 1.807) is 0 Å². The Kier molecular flexibility index (Phi) is 15.0. The first-order valence-corrected chi connectivity index (χ1v) is 29.1. The molecule has 7 heteroatoms. The molecule has 0 saturated carbocycles. The van der Waals surface area contributed by atoms with Gasteiger partial charge in [-0.15, -0.1) is 0 Å². The largest absolute Gasteiger partial charge is 0.354 e. The van der Waals surface area contributed by atoms with E-state index in [0.717, 1.165) is 95.0 Å². The van der Waals surface area contributed by atoms with Crippen molar-refractivity contribution in [3.63, 3.8) is 0 Å². The molecule has 2 aliphatic heterocycles. The summed E-state index contributed by atoms with van der Waals surface area (Å²) in [6.07, 6.45) is 9.92. The molecule has 8 bridgehead atoms. The number of amides is 1. The van der Waals surface area contributed by atoms with Gasteiger partial charge in [0.1, 0.15) is 0 Å². The minimum Gasteiger partial charge on any atom is -0.354 e. The van der Waals surface area contributed by atoms with Crippen molar-refractivity contribution in [2.45, 2.75) is 170 Å². The monoisotopic (exact) mass is 1070 g/mol. The number of carbonyl (C=O) groups is 1. The molecule has 6 nitrogen and oxygen atoms in total. The second kappa shape index (κ2) is 20.8. The van der Waals surface area contributed by atoms with E-state index < -0.39 is 0 Å². The quantitative estimate of drug-likeness (QED) is 0.114. The van der Waals surface area contributed by atoms with Gasteiger partial charge in [-0.1, -0.05) is 191 Å². The van der Waals surface area contributed by atoms with Crippen molar-refractivity contribution in [2.24, 2.45) is 0 Å². The van der Waals surface area contributed by atoms with Crippen LogP contribution in [0.3, 0.4) is 0 Å². The van der Waals surface area contributed by atoms with E-state index in [2.05, 4.69) is 268 Å². The van der Waals surface area contributed by atoms with Gasteiger partial charge in [0.05, 0.1) is 22.8 Å². The molecule has 5 heterocycles. The number of nitrogens with zero attached hydrogens (tertiary/aromatic N) is 2.